The number of benzene rings is 2. The predicted octanol–water partition coefficient (Wildman–Crippen LogP) is 3.39. The van der Waals surface area contributed by atoms with E-state index in [9.17, 15) is 9.59 Å². The maximum atomic E-state index is 12.8. The van der Waals surface area contributed by atoms with E-state index in [-0.39, 0.29) is 23.4 Å². The molecule has 0 bridgehead atoms. The Hall–Kier alpha value is -3.61. The fourth-order valence-electron chi connectivity index (χ4n) is 4.20. The van der Waals surface area contributed by atoms with Crippen molar-refractivity contribution in [3.63, 3.8) is 0 Å². The molecular formula is C26H30N4O3. The highest BCUT2D eigenvalue weighted by atomic mass is 16.5. The second-order valence-corrected chi connectivity index (χ2v) is 8.46. The number of carbonyl (C=O) groups excluding carboxylic acids is 1. The topological polar surface area (TPSA) is 76.5 Å². The van der Waals surface area contributed by atoms with Crippen molar-refractivity contribution in [3.05, 3.63) is 88.3 Å². The molecule has 1 aliphatic rings. The fourth-order valence-corrected chi connectivity index (χ4v) is 4.20. The number of methoxy groups -OCH3 is 1. The maximum absolute atomic E-state index is 12.8. The number of hydrogen-bond acceptors (Lipinski definition) is 5. The Labute approximate surface area is 194 Å². The minimum Gasteiger partial charge on any atom is -0.497 e. The molecule has 3 aromatic rings. The first-order chi connectivity index (χ1) is 16.0. The van der Waals surface area contributed by atoms with E-state index in [0.29, 0.717) is 6.54 Å². The van der Waals surface area contributed by atoms with Crippen LogP contribution in [0.15, 0.2) is 71.7 Å². The van der Waals surface area contributed by atoms with Crippen LogP contribution in [0.2, 0.25) is 0 Å². The molecule has 0 spiro atoms. The highest BCUT2D eigenvalue weighted by molar-refractivity contribution is 5.79. The van der Waals surface area contributed by atoms with E-state index < -0.39 is 0 Å². The zero-order valence-electron chi connectivity index (χ0n) is 19.1. The molecule has 1 unspecified atom stereocenters. The SMILES string of the molecule is COc1cccc(C(C)NC(=O)C2CCN(c3cnn(Cc4ccccc4)c(=O)c3)CC2)c1. The van der Waals surface area contributed by atoms with Crippen molar-refractivity contribution in [1.29, 1.82) is 0 Å². The van der Waals surface area contributed by atoms with Gasteiger partial charge in [-0.05, 0) is 43.0 Å². The Balaban J connectivity index is 1.32. The normalized spacial score (nSPS) is 15.2. The van der Waals surface area contributed by atoms with Gasteiger partial charge in [0.25, 0.3) is 5.56 Å². The van der Waals surface area contributed by atoms with Crippen LogP contribution in [-0.2, 0) is 11.3 Å². The number of aromatic nitrogens is 2. The molecule has 1 amide bonds. The first kappa shape index (κ1) is 22.6. The van der Waals surface area contributed by atoms with E-state index in [0.717, 1.165) is 48.5 Å². The lowest BCUT2D eigenvalue weighted by atomic mass is 9.95. The summed E-state index contributed by atoms with van der Waals surface area (Å²) in [4.78, 5) is 27.5. The molecule has 7 heteroatoms. The molecule has 0 aliphatic carbocycles. The van der Waals surface area contributed by atoms with Crippen molar-refractivity contribution in [2.24, 2.45) is 5.92 Å². The summed E-state index contributed by atoms with van der Waals surface area (Å²) in [5.41, 5.74) is 2.74. The Morgan fingerprint density at radius 2 is 1.88 bits per heavy atom. The average Bonchev–Trinajstić information content (AvgIpc) is 2.86. The van der Waals surface area contributed by atoms with Crippen LogP contribution in [0.3, 0.4) is 0 Å². The van der Waals surface area contributed by atoms with Crippen LogP contribution >= 0.6 is 0 Å². The van der Waals surface area contributed by atoms with Crippen LogP contribution in [0.1, 0.15) is 36.9 Å². The van der Waals surface area contributed by atoms with Crippen molar-refractivity contribution in [1.82, 2.24) is 15.1 Å². The molecule has 1 atom stereocenters. The summed E-state index contributed by atoms with van der Waals surface area (Å²) in [5.74, 6) is 0.809. The highest BCUT2D eigenvalue weighted by Crippen LogP contribution is 2.24. The molecule has 7 nitrogen and oxygen atoms in total. The largest absolute Gasteiger partial charge is 0.497 e. The molecule has 2 aromatic carbocycles. The van der Waals surface area contributed by atoms with Crippen molar-refractivity contribution < 1.29 is 9.53 Å². The van der Waals surface area contributed by atoms with E-state index in [4.69, 9.17) is 4.74 Å². The Morgan fingerprint density at radius 1 is 1.12 bits per heavy atom. The van der Waals surface area contributed by atoms with Gasteiger partial charge in [-0.15, -0.1) is 0 Å². The van der Waals surface area contributed by atoms with Gasteiger partial charge in [-0.25, -0.2) is 4.68 Å². The molecule has 0 saturated carbocycles. The van der Waals surface area contributed by atoms with Gasteiger partial charge >= 0.3 is 0 Å². The smallest absolute Gasteiger partial charge is 0.269 e. The van der Waals surface area contributed by atoms with Gasteiger partial charge in [-0.2, -0.15) is 5.10 Å². The summed E-state index contributed by atoms with van der Waals surface area (Å²) in [6, 6.07) is 19.1. The molecule has 1 aliphatic heterocycles. The number of anilines is 1. The van der Waals surface area contributed by atoms with Crippen LogP contribution < -0.4 is 20.5 Å². The molecule has 1 N–H and O–H groups in total. The third kappa shape index (κ3) is 5.61. The summed E-state index contributed by atoms with van der Waals surface area (Å²) >= 11 is 0. The highest BCUT2D eigenvalue weighted by Gasteiger charge is 2.26. The Bertz CT molecular complexity index is 1140. The summed E-state index contributed by atoms with van der Waals surface area (Å²) in [6.45, 7) is 3.87. The number of piperidine rings is 1. The molecule has 1 saturated heterocycles. The molecule has 1 aromatic heterocycles. The van der Waals surface area contributed by atoms with Gasteiger partial charge in [0.1, 0.15) is 5.75 Å². The van der Waals surface area contributed by atoms with E-state index >= 15 is 0 Å². The van der Waals surface area contributed by atoms with Gasteiger partial charge in [0.05, 0.1) is 31.6 Å². The predicted molar refractivity (Wildman–Crippen MR) is 129 cm³/mol. The van der Waals surface area contributed by atoms with E-state index in [2.05, 4.69) is 15.3 Å². The van der Waals surface area contributed by atoms with E-state index in [1.807, 2.05) is 61.5 Å². The average molecular weight is 447 g/mol. The van der Waals surface area contributed by atoms with Crippen LogP contribution in [0.25, 0.3) is 0 Å². The summed E-state index contributed by atoms with van der Waals surface area (Å²) < 4.78 is 6.75. The van der Waals surface area contributed by atoms with Crippen molar-refractivity contribution in [2.75, 3.05) is 25.1 Å². The lowest BCUT2D eigenvalue weighted by molar-refractivity contribution is -0.126. The number of nitrogens with one attached hydrogen (secondary N) is 1. The first-order valence-electron chi connectivity index (χ1n) is 11.3. The van der Waals surface area contributed by atoms with Gasteiger partial charge < -0.3 is 15.0 Å². The molecule has 2 heterocycles. The lowest BCUT2D eigenvalue weighted by Gasteiger charge is -2.33. The standard InChI is InChI=1S/C26H30N4O3/c1-19(22-9-6-10-24(15-22)33-2)28-26(32)21-11-13-29(14-12-21)23-16-25(31)30(27-17-23)18-20-7-4-3-5-8-20/h3-10,15-17,19,21H,11-14,18H2,1-2H3,(H,28,32). The number of rotatable bonds is 7. The molecular weight excluding hydrogens is 416 g/mol. The van der Waals surface area contributed by atoms with Crippen LogP contribution in [-0.4, -0.2) is 35.9 Å². The third-order valence-electron chi connectivity index (χ3n) is 6.21. The van der Waals surface area contributed by atoms with Crippen molar-refractivity contribution >= 4 is 11.6 Å². The van der Waals surface area contributed by atoms with Gasteiger partial charge in [-0.1, -0.05) is 42.5 Å². The number of carbonyl (C=O) groups is 1. The van der Waals surface area contributed by atoms with Crippen molar-refractivity contribution in [3.8, 4) is 5.75 Å². The summed E-state index contributed by atoms with van der Waals surface area (Å²) in [5, 5.41) is 7.50. The van der Waals surface area contributed by atoms with Crippen LogP contribution in [0, 0.1) is 5.92 Å². The van der Waals surface area contributed by atoms with E-state index in [1.54, 1.807) is 19.4 Å². The zero-order chi connectivity index (χ0) is 23.2. The molecule has 0 radical (unpaired) electrons. The van der Waals surface area contributed by atoms with Gasteiger partial charge in [0.15, 0.2) is 0 Å². The summed E-state index contributed by atoms with van der Waals surface area (Å²) in [6.07, 6.45) is 3.23. The van der Waals surface area contributed by atoms with Gasteiger partial charge in [-0.3, -0.25) is 9.59 Å². The zero-order valence-corrected chi connectivity index (χ0v) is 19.1. The second kappa shape index (κ2) is 10.3. The quantitative estimate of drug-likeness (QED) is 0.602. The molecule has 1 fully saturated rings. The maximum Gasteiger partial charge on any atom is 0.269 e. The monoisotopic (exact) mass is 446 g/mol. The van der Waals surface area contributed by atoms with Crippen molar-refractivity contribution in [2.45, 2.75) is 32.4 Å². The number of hydrogen-bond donors (Lipinski definition) is 1. The second-order valence-electron chi connectivity index (χ2n) is 8.46. The fraction of sp³-hybridized carbons (Fsp3) is 0.346. The van der Waals surface area contributed by atoms with Gasteiger partial charge in [0, 0.05) is 25.1 Å². The number of ether oxygens (including phenoxy) is 1. The minimum atomic E-state index is -0.122. The van der Waals surface area contributed by atoms with Gasteiger partial charge in [0.2, 0.25) is 5.91 Å². The van der Waals surface area contributed by atoms with E-state index in [1.165, 1.54) is 4.68 Å². The number of amides is 1. The molecule has 33 heavy (non-hydrogen) atoms. The Morgan fingerprint density at radius 3 is 2.58 bits per heavy atom. The van der Waals surface area contributed by atoms with Crippen LogP contribution in [0.5, 0.6) is 5.75 Å². The molecule has 4 rings (SSSR count). The number of nitrogens with zero attached hydrogens (tertiary/aromatic N) is 3. The van der Waals surface area contributed by atoms with Crippen LogP contribution in [0.4, 0.5) is 5.69 Å². The first-order valence-corrected chi connectivity index (χ1v) is 11.3. The Kier molecular flexibility index (Phi) is 7.07. The minimum absolute atomic E-state index is 0.0410. The third-order valence-corrected chi connectivity index (χ3v) is 6.21. The summed E-state index contributed by atoms with van der Waals surface area (Å²) in [7, 11) is 1.64. The molecule has 172 valence electrons. The lowest BCUT2D eigenvalue weighted by Crippen LogP contribution is -2.41.